The quantitative estimate of drug-likeness (QED) is 0.714. The normalized spacial score (nSPS) is 15.4. The van der Waals surface area contributed by atoms with Crippen LogP contribution in [0.4, 0.5) is 4.79 Å². The van der Waals surface area contributed by atoms with Crippen molar-refractivity contribution in [2.75, 3.05) is 6.54 Å². The third-order valence-electron chi connectivity index (χ3n) is 3.07. The molecule has 2 heterocycles. The lowest BCUT2D eigenvalue weighted by Crippen LogP contribution is -2.40. The van der Waals surface area contributed by atoms with Crippen LogP contribution in [0.1, 0.15) is 30.8 Å². The molecule has 18 heavy (non-hydrogen) atoms. The number of amides is 1. The van der Waals surface area contributed by atoms with Crippen LogP contribution in [0, 0.1) is 13.8 Å². The van der Waals surface area contributed by atoms with E-state index in [2.05, 4.69) is 12.0 Å². The second kappa shape index (κ2) is 4.23. The molecule has 1 aliphatic heterocycles. The van der Waals surface area contributed by atoms with E-state index in [1.807, 2.05) is 18.7 Å². The van der Waals surface area contributed by atoms with Crippen LogP contribution in [-0.4, -0.2) is 32.9 Å². The molecule has 0 aromatic carbocycles. The summed E-state index contributed by atoms with van der Waals surface area (Å²) in [5, 5.41) is 4.39. The van der Waals surface area contributed by atoms with Crippen molar-refractivity contribution < 1.29 is 9.53 Å². The molecule has 0 radical (unpaired) electrons. The maximum Gasteiger partial charge on any atom is 0.413 e. The van der Waals surface area contributed by atoms with E-state index in [4.69, 9.17) is 4.74 Å². The van der Waals surface area contributed by atoms with Crippen molar-refractivity contribution in [1.29, 1.82) is 0 Å². The average Bonchev–Trinajstić information content (AvgIpc) is 2.52. The second-order valence-electron chi connectivity index (χ2n) is 5.43. The molecule has 5 nitrogen and oxygen atoms in total. The molecule has 0 saturated heterocycles. The van der Waals surface area contributed by atoms with Gasteiger partial charge in [0, 0.05) is 45.1 Å². The van der Waals surface area contributed by atoms with E-state index in [1.165, 1.54) is 5.69 Å². The molecule has 0 saturated carbocycles. The summed E-state index contributed by atoms with van der Waals surface area (Å²) in [5.41, 5.74) is 2.65. The lowest BCUT2D eigenvalue weighted by atomic mass is 10.1. The summed E-state index contributed by atoms with van der Waals surface area (Å²) in [6, 6.07) is 0. The van der Waals surface area contributed by atoms with E-state index >= 15 is 0 Å². The Morgan fingerprint density at radius 2 is 2.17 bits per heavy atom. The Bertz CT molecular complexity index is 471. The third kappa shape index (κ3) is 2.44. The van der Waals surface area contributed by atoms with Gasteiger partial charge in [-0.05, 0) is 6.92 Å². The van der Waals surface area contributed by atoms with Crippen LogP contribution in [0.5, 0.6) is 0 Å². The topological polar surface area (TPSA) is 47.4 Å². The van der Waals surface area contributed by atoms with E-state index in [0.29, 0.717) is 13.1 Å². The predicted octanol–water partition coefficient (Wildman–Crippen LogP) is 1.84. The fraction of sp³-hybridized carbons (Fsp3) is 0.615. The minimum Gasteiger partial charge on any atom is -0.403 e. The fourth-order valence-corrected chi connectivity index (χ4v) is 2.24. The number of carbonyl (C=O) groups excluding carboxylic acids is 1. The summed E-state index contributed by atoms with van der Waals surface area (Å²) in [5.74, 6) is 0. The second-order valence-corrected chi connectivity index (χ2v) is 5.43. The van der Waals surface area contributed by atoms with Gasteiger partial charge in [0.05, 0.1) is 12.2 Å². The molecule has 1 aromatic rings. The maximum atomic E-state index is 12.0. The summed E-state index contributed by atoms with van der Waals surface area (Å²) in [6.07, 6.45) is 0.517. The van der Waals surface area contributed by atoms with Gasteiger partial charge in [-0.2, -0.15) is 5.10 Å². The molecule has 0 unspecified atom stereocenters. The van der Waals surface area contributed by atoms with E-state index < -0.39 is 5.60 Å². The SMILES string of the molecule is [CH2+]C(C)(C)OC(=O)N1CCc2c(c(C)nn2C)C1. The molecule has 2 rings (SSSR count). The number of aromatic nitrogens is 2. The Morgan fingerprint density at radius 1 is 1.50 bits per heavy atom. The average molecular weight is 250 g/mol. The highest BCUT2D eigenvalue weighted by molar-refractivity contribution is 5.68. The number of hydrogen-bond donors (Lipinski definition) is 0. The van der Waals surface area contributed by atoms with Gasteiger partial charge < -0.3 is 9.64 Å². The zero-order valence-corrected chi connectivity index (χ0v) is 11.5. The Labute approximate surface area is 108 Å². The van der Waals surface area contributed by atoms with Crippen LogP contribution in [0.15, 0.2) is 0 Å². The third-order valence-corrected chi connectivity index (χ3v) is 3.07. The van der Waals surface area contributed by atoms with Crippen LogP contribution in [0.25, 0.3) is 0 Å². The fourth-order valence-electron chi connectivity index (χ4n) is 2.24. The highest BCUT2D eigenvalue weighted by Gasteiger charge is 2.30. The summed E-state index contributed by atoms with van der Waals surface area (Å²) < 4.78 is 7.19. The van der Waals surface area contributed by atoms with Crippen molar-refractivity contribution in [3.63, 3.8) is 0 Å². The smallest absolute Gasteiger partial charge is 0.403 e. The molecule has 1 amide bonds. The summed E-state index contributed by atoms with van der Waals surface area (Å²) >= 11 is 0. The largest absolute Gasteiger partial charge is 0.413 e. The van der Waals surface area contributed by atoms with Crippen molar-refractivity contribution in [3.05, 3.63) is 23.9 Å². The predicted molar refractivity (Wildman–Crippen MR) is 68.0 cm³/mol. The molecule has 0 aliphatic carbocycles. The van der Waals surface area contributed by atoms with Crippen LogP contribution in [-0.2, 0) is 24.8 Å². The number of aryl methyl sites for hydroxylation is 2. The number of nitrogens with zero attached hydrogens (tertiary/aromatic N) is 3. The van der Waals surface area contributed by atoms with Gasteiger partial charge in [0.25, 0.3) is 0 Å². The molecule has 0 fully saturated rings. The molecule has 98 valence electrons. The van der Waals surface area contributed by atoms with Gasteiger partial charge in [-0.3, -0.25) is 4.68 Å². The van der Waals surface area contributed by atoms with Crippen molar-refractivity contribution in [2.45, 2.75) is 39.3 Å². The first-order valence-electron chi connectivity index (χ1n) is 6.12. The van der Waals surface area contributed by atoms with Gasteiger partial charge in [-0.1, -0.05) is 0 Å². The Kier molecular flexibility index (Phi) is 3.00. The summed E-state index contributed by atoms with van der Waals surface area (Å²) in [7, 11) is 1.94. The number of ether oxygens (including phenoxy) is 1. The first kappa shape index (κ1) is 12.8. The summed E-state index contributed by atoms with van der Waals surface area (Å²) in [4.78, 5) is 13.7. The minimum absolute atomic E-state index is 0.302. The molecule has 0 spiro atoms. The highest BCUT2D eigenvalue weighted by Crippen LogP contribution is 2.22. The minimum atomic E-state index is -0.693. The lowest BCUT2D eigenvalue weighted by Gasteiger charge is -2.28. The van der Waals surface area contributed by atoms with Crippen molar-refractivity contribution in [1.82, 2.24) is 14.7 Å². The first-order valence-corrected chi connectivity index (χ1v) is 6.12. The van der Waals surface area contributed by atoms with Crippen LogP contribution in [0.3, 0.4) is 0 Å². The maximum absolute atomic E-state index is 12.0. The van der Waals surface area contributed by atoms with E-state index in [0.717, 1.165) is 17.7 Å². The Hall–Kier alpha value is -1.65. The summed E-state index contributed by atoms with van der Waals surface area (Å²) in [6.45, 7) is 10.5. The molecule has 5 heteroatoms. The van der Waals surface area contributed by atoms with Crippen LogP contribution >= 0.6 is 0 Å². The Morgan fingerprint density at radius 3 is 2.78 bits per heavy atom. The first-order chi connectivity index (χ1) is 8.28. The van der Waals surface area contributed by atoms with Crippen molar-refractivity contribution >= 4 is 6.09 Å². The molecule has 0 N–H and O–H groups in total. The van der Waals surface area contributed by atoms with Gasteiger partial charge in [-0.25, -0.2) is 4.79 Å². The number of fused-ring (bicyclic) bond motifs is 1. The van der Waals surface area contributed by atoms with Gasteiger partial charge in [0.15, 0.2) is 0 Å². The Balaban J connectivity index is 2.12. The molecule has 1 aromatic heterocycles. The molecular formula is C13H20N3O2+. The van der Waals surface area contributed by atoms with Gasteiger partial charge in [-0.15, -0.1) is 0 Å². The van der Waals surface area contributed by atoms with Crippen molar-refractivity contribution in [2.24, 2.45) is 7.05 Å². The number of carbonyl (C=O) groups is 1. The van der Waals surface area contributed by atoms with E-state index in [1.54, 1.807) is 18.7 Å². The molecule has 1 aliphatic rings. The lowest BCUT2D eigenvalue weighted by molar-refractivity contribution is 0.0365. The number of rotatable bonds is 1. The van der Waals surface area contributed by atoms with Gasteiger partial charge >= 0.3 is 6.09 Å². The van der Waals surface area contributed by atoms with E-state index in [9.17, 15) is 4.79 Å². The zero-order valence-electron chi connectivity index (χ0n) is 11.5. The van der Waals surface area contributed by atoms with Gasteiger partial charge in [0.1, 0.15) is 6.92 Å². The molecular weight excluding hydrogens is 230 g/mol. The zero-order chi connectivity index (χ0) is 13.5. The van der Waals surface area contributed by atoms with Crippen LogP contribution < -0.4 is 0 Å². The monoisotopic (exact) mass is 250 g/mol. The van der Waals surface area contributed by atoms with Gasteiger partial charge in [0.2, 0.25) is 5.60 Å². The standard InChI is InChI=1S/C13H20N3O2/c1-9-10-8-16(12(17)18-13(2,3)4)7-6-11(10)15(5)14-9/h2,6-8H2,1,3-5H3/q+1. The highest BCUT2D eigenvalue weighted by atomic mass is 16.6. The number of hydrogen-bond acceptors (Lipinski definition) is 3. The van der Waals surface area contributed by atoms with Crippen molar-refractivity contribution in [3.8, 4) is 0 Å². The molecule has 0 atom stereocenters. The van der Waals surface area contributed by atoms with E-state index in [-0.39, 0.29) is 6.09 Å². The molecule has 0 bridgehead atoms. The van der Waals surface area contributed by atoms with Crippen LogP contribution in [0.2, 0.25) is 0 Å².